The van der Waals surface area contributed by atoms with Crippen LogP contribution in [-0.2, 0) is 11.2 Å². The molecule has 5 heteroatoms. The summed E-state index contributed by atoms with van der Waals surface area (Å²) >= 11 is 0. The first-order chi connectivity index (χ1) is 10.3. The Balaban J connectivity index is 1.69. The number of aromatic nitrogens is 2. The molecule has 0 aromatic carbocycles. The maximum atomic E-state index is 12.1. The lowest BCUT2D eigenvalue weighted by atomic mass is 10.1. The van der Waals surface area contributed by atoms with E-state index in [0.717, 1.165) is 44.4 Å². The molecule has 1 N–H and O–H groups in total. The van der Waals surface area contributed by atoms with Crippen LogP contribution in [0.1, 0.15) is 61.5 Å². The maximum absolute atomic E-state index is 12.1. The first-order valence-electron chi connectivity index (χ1n) is 8.00. The number of ether oxygens (including phenoxy) is 1. The van der Waals surface area contributed by atoms with Gasteiger partial charge >= 0.3 is 0 Å². The van der Waals surface area contributed by atoms with Crippen LogP contribution >= 0.6 is 0 Å². The van der Waals surface area contributed by atoms with Gasteiger partial charge in [-0.3, -0.25) is 4.79 Å². The van der Waals surface area contributed by atoms with Crippen molar-refractivity contribution in [3.05, 3.63) is 23.8 Å². The minimum Gasteiger partial charge on any atom is -0.378 e. The van der Waals surface area contributed by atoms with E-state index in [1.165, 1.54) is 19.2 Å². The highest BCUT2D eigenvalue weighted by atomic mass is 16.5. The lowest BCUT2D eigenvalue weighted by Crippen LogP contribution is -2.26. The number of carbonyl (C=O) groups excluding carboxylic acids is 1. The Labute approximate surface area is 126 Å². The van der Waals surface area contributed by atoms with Crippen molar-refractivity contribution in [2.75, 3.05) is 13.2 Å². The largest absolute Gasteiger partial charge is 0.378 e. The van der Waals surface area contributed by atoms with Crippen molar-refractivity contribution in [1.29, 1.82) is 0 Å². The highest BCUT2D eigenvalue weighted by molar-refractivity contribution is 5.94. The number of hydrogen-bond donors (Lipinski definition) is 1. The Bertz CT molecular complexity index is 445. The van der Waals surface area contributed by atoms with Crippen LogP contribution in [0.15, 0.2) is 12.5 Å². The summed E-state index contributed by atoms with van der Waals surface area (Å²) in [6.45, 7) is 3.69. The van der Waals surface area contributed by atoms with Crippen molar-refractivity contribution in [3.63, 3.8) is 0 Å². The number of carbonyl (C=O) groups is 1. The number of nitrogens with zero attached hydrogens (tertiary/aromatic N) is 2. The predicted octanol–water partition coefficient (Wildman–Crippen LogP) is 2.51. The minimum absolute atomic E-state index is 0.0591. The number of rotatable bonds is 8. The molecule has 0 unspecified atom stereocenters. The van der Waals surface area contributed by atoms with E-state index in [-0.39, 0.29) is 5.91 Å². The van der Waals surface area contributed by atoms with Gasteiger partial charge in [-0.25, -0.2) is 9.97 Å². The first kappa shape index (κ1) is 15.9. The van der Waals surface area contributed by atoms with Gasteiger partial charge in [-0.1, -0.05) is 13.3 Å². The minimum atomic E-state index is -0.0591. The van der Waals surface area contributed by atoms with Gasteiger partial charge in [0.15, 0.2) is 0 Å². The second-order valence-corrected chi connectivity index (χ2v) is 5.52. The van der Waals surface area contributed by atoms with Crippen LogP contribution in [0.4, 0.5) is 0 Å². The van der Waals surface area contributed by atoms with Crippen LogP contribution in [0, 0.1) is 0 Å². The Morgan fingerprint density at radius 2 is 2.38 bits per heavy atom. The Morgan fingerprint density at radius 3 is 3.14 bits per heavy atom. The van der Waals surface area contributed by atoms with E-state index in [4.69, 9.17) is 4.74 Å². The summed E-state index contributed by atoms with van der Waals surface area (Å²) in [5, 5.41) is 2.96. The molecule has 21 heavy (non-hydrogen) atoms. The highest BCUT2D eigenvalue weighted by Gasteiger charge is 2.15. The molecule has 0 radical (unpaired) electrons. The van der Waals surface area contributed by atoms with Gasteiger partial charge in [0, 0.05) is 19.3 Å². The fourth-order valence-electron chi connectivity index (χ4n) is 2.65. The normalized spacial score (nSPS) is 17.9. The van der Waals surface area contributed by atoms with Crippen molar-refractivity contribution in [1.82, 2.24) is 15.3 Å². The molecular weight excluding hydrogens is 266 g/mol. The zero-order chi connectivity index (χ0) is 14.9. The molecule has 116 valence electrons. The molecular formula is C16H25N3O2. The summed E-state index contributed by atoms with van der Waals surface area (Å²) < 4.78 is 5.59. The molecule has 0 spiro atoms. The molecule has 2 heterocycles. The summed E-state index contributed by atoms with van der Waals surface area (Å²) in [5.41, 5.74) is 1.45. The molecule has 1 atom stereocenters. The summed E-state index contributed by atoms with van der Waals surface area (Å²) in [6, 6.07) is 0. The molecule has 2 rings (SSSR count). The van der Waals surface area contributed by atoms with E-state index in [1.54, 1.807) is 6.20 Å². The Kier molecular flexibility index (Phi) is 6.60. The zero-order valence-electron chi connectivity index (χ0n) is 12.8. The average molecular weight is 291 g/mol. The molecule has 0 saturated carbocycles. The maximum Gasteiger partial charge on any atom is 0.254 e. The molecule has 1 aliphatic heterocycles. The number of hydrogen-bond acceptors (Lipinski definition) is 4. The van der Waals surface area contributed by atoms with E-state index in [2.05, 4.69) is 22.2 Å². The third-order valence-electron chi connectivity index (χ3n) is 3.79. The van der Waals surface area contributed by atoms with Crippen LogP contribution < -0.4 is 5.32 Å². The highest BCUT2D eigenvalue weighted by Crippen LogP contribution is 2.17. The van der Waals surface area contributed by atoms with Gasteiger partial charge in [0.25, 0.3) is 5.91 Å². The monoisotopic (exact) mass is 291 g/mol. The first-order valence-corrected chi connectivity index (χ1v) is 8.00. The summed E-state index contributed by atoms with van der Waals surface area (Å²) in [5.74, 6) is -0.0591. The molecule has 1 aliphatic rings. The van der Waals surface area contributed by atoms with Crippen molar-refractivity contribution in [2.24, 2.45) is 0 Å². The topological polar surface area (TPSA) is 64.1 Å². The van der Waals surface area contributed by atoms with E-state index in [0.29, 0.717) is 18.2 Å². The van der Waals surface area contributed by atoms with Gasteiger partial charge < -0.3 is 10.1 Å². The second-order valence-electron chi connectivity index (χ2n) is 5.52. The number of unbranched alkanes of at least 4 members (excludes halogenated alkanes) is 1. The van der Waals surface area contributed by atoms with Gasteiger partial charge in [0.2, 0.25) is 0 Å². The van der Waals surface area contributed by atoms with Crippen LogP contribution in [0.5, 0.6) is 0 Å². The molecule has 1 aromatic heterocycles. The van der Waals surface area contributed by atoms with E-state index in [1.807, 2.05) is 0 Å². The lowest BCUT2D eigenvalue weighted by Gasteiger charge is -2.10. The molecule has 5 nitrogen and oxygen atoms in total. The Hall–Kier alpha value is -1.49. The summed E-state index contributed by atoms with van der Waals surface area (Å²) in [7, 11) is 0. The SMILES string of the molecule is CCCc1ncncc1C(=O)NCCCC[C@@H]1CCCO1. The zero-order valence-corrected chi connectivity index (χ0v) is 12.8. The van der Waals surface area contributed by atoms with E-state index < -0.39 is 0 Å². The standard InChI is InChI=1S/C16H25N3O2/c1-2-6-15-14(11-17-12-19-15)16(20)18-9-4-3-7-13-8-5-10-21-13/h11-13H,2-10H2,1H3,(H,18,20)/t13-/m1/s1. The van der Waals surface area contributed by atoms with Crippen LogP contribution in [-0.4, -0.2) is 35.1 Å². The molecule has 1 saturated heterocycles. The van der Waals surface area contributed by atoms with E-state index >= 15 is 0 Å². The third-order valence-corrected chi connectivity index (χ3v) is 3.79. The molecule has 1 fully saturated rings. The molecule has 1 amide bonds. The lowest BCUT2D eigenvalue weighted by molar-refractivity contribution is 0.0945. The molecule has 0 aliphatic carbocycles. The van der Waals surface area contributed by atoms with Gasteiger partial charge in [-0.15, -0.1) is 0 Å². The van der Waals surface area contributed by atoms with Crippen molar-refractivity contribution >= 4 is 5.91 Å². The van der Waals surface area contributed by atoms with Crippen molar-refractivity contribution < 1.29 is 9.53 Å². The number of aryl methyl sites for hydroxylation is 1. The van der Waals surface area contributed by atoms with Crippen LogP contribution in [0.3, 0.4) is 0 Å². The van der Waals surface area contributed by atoms with Crippen molar-refractivity contribution in [2.45, 2.75) is 58.0 Å². The quantitative estimate of drug-likeness (QED) is 0.747. The van der Waals surface area contributed by atoms with Gasteiger partial charge in [-0.05, 0) is 38.5 Å². The fourth-order valence-corrected chi connectivity index (χ4v) is 2.65. The van der Waals surface area contributed by atoms with Gasteiger partial charge in [0.1, 0.15) is 6.33 Å². The predicted molar refractivity (Wildman–Crippen MR) is 81.2 cm³/mol. The fraction of sp³-hybridized carbons (Fsp3) is 0.688. The smallest absolute Gasteiger partial charge is 0.254 e. The van der Waals surface area contributed by atoms with E-state index in [9.17, 15) is 4.79 Å². The van der Waals surface area contributed by atoms with Crippen LogP contribution in [0.25, 0.3) is 0 Å². The Morgan fingerprint density at radius 1 is 1.48 bits per heavy atom. The van der Waals surface area contributed by atoms with Gasteiger partial charge in [0.05, 0.1) is 17.4 Å². The number of amides is 1. The van der Waals surface area contributed by atoms with Gasteiger partial charge in [-0.2, -0.15) is 0 Å². The number of nitrogens with one attached hydrogen (secondary N) is 1. The summed E-state index contributed by atoms with van der Waals surface area (Å²) in [4.78, 5) is 20.3. The molecule has 1 aromatic rings. The second kappa shape index (κ2) is 8.72. The third kappa shape index (κ3) is 5.08. The molecule has 0 bridgehead atoms. The van der Waals surface area contributed by atoms with Crippen LogP contribution in [0.2, 0.25) is 0 Å². The van der Waals surface area contributed by atoms with Crippen molar-refractivity contribution in [3.8, 4) is 0 Å². The summed E-state index contributed by atoms with van der Waals surface area (Å²) in [6.07, 6.45) is 10.9. The average Bonchev–Trinajstić information content (AvgIpc) is 3.01.